The van der Waals surface area contributed by atoms with Crippen LogP contribution in [0.4, 0.5) is 0 Å². The van der Waals surface area contributed by atoms with Crippen LogP contribution in [0, 0.1) is 0 Å². The van der Waals surface area contributed by atoms with Gasteiger partial charge in [-0.15, -0.1) is 20.4 Å². The number of aromatic nitrogens is 8. The molecule has 3 heterocycles. The lowest BCUT2D eigenvalue weighted by atomic mass is 9.98. The van der Waals surface area contributed by atoms with Crippen LogP contribution >= 0.6 is 0 Å². The highest BCUT2D eigenvalue weighted by molar-refractivity contribution is 5.85. The average molecular weight is 471 g/mol. The summed E-state index contributed by atoms with van der Waals surface area (Å²) in [5.41, 5.74) is 5.61. The van der Waals surface area contributed by atoms with E-state index in [4.69, 9.17) is 14.5 Å². The lowest BCUT2D eigenvalue weighted by Crippen LogP contribution is -2.07. The monoisotopic (exact) mass is 470 g/mol. The highest BCUT2D eigenvalue weighted by Gasteiger charge is 2.21. The van der Waals surface area contributed by atoms with Gasteiger partial charge in [0.1, 0.15) is 11.3 Å². The van der Waals surface area contributed by atoms with Gasteiger partial charge in [-0.2, -0.15) is 5.21 Å². The highest BCUT2D eigenvalue weighted by atomic mass is 16.5. The molecule has 0 atom stereocenters. The number of nitrogens with zero attached hydrogens (tertiary/aromatic N) is 7. The van der Waals surface area contributed by atoms with E-state index < -0.39 is 0 Å². The fourth-order valence-electron chi connectivity index (χ4n) is 4.20. The minimum atomic E-state index is 0.394. The number of unbranched alkanes of at least 4 members (excludes halogenated alkanes) is 1. The van der Waals surface area contributed by atoms with Gasteiger partial charge in [0.25, 0.3) is 11.8 Å². The number of H-pyrrole nitrogens is 1. The zero-order valence-electron chi connectivity index (χ0n) is 19.9. The van der Waals surface area contributed by atoms with Gasteiger partial charge in [-0.3, -0.25) is 0 Å². The van der Waals surface area contributed by atoms with Crippen molar-refractivity contribution in [3.8, 4) is 34.3 Å². The minimum Gasteiger partial charge on any atom is -0.478 e. The van der Waals surface area contributed by atoms with Crippen LogP contribution in [0.15, 0.2) is 48.5 Å². The van der Waals surface area contributed by atoms with Crippen molar-refractivity contribution in [3.63, 3.8) is 0 Å². The Bertz CT molecular complexity index is 1430. The summed E-state index contributed by atoms with van der Waals surface area (Å²) in [7, 11) is 3.17. The van der Waals surface area contributed by atoms with Crippen LogP contribution < -0.4 is 9.47 Å². The molecule has 0 aliphatic carbocycles. The molecule has 10 heteroatoms. The second-order valence-electron chi connectivity index (χ2n) is 8.11. The molecule has 0 amide bonds. The number of hydrogen-bond acceptors (Lipinski definition) is 8. The molecule has 3 aromatic heterocycles. The standard InChI is InChI=1S/C25H26N8O2/c1-4-5-10-20-26-21-22(25(35-3)30-29-24(21)34-2)33(20)15-16-11-13-17(14-12-16)18-8-6-7-9-19(18)23-27-31-32-28-23/h6-9,11-14H,4-5,10,15H2,1-3H3,(H,27,28,31,32). The first-order valence-electron chi connectivity index (χ1n) is 11.5. The second-order valence-corrected chi connectivity index (χ2v) is 8.11. The Morgan fingerprint density at radius 3 is 2.31 bits per heavy atom. The van der Waals surface area contributed by atoms with Crippen molar-refractivity contribution >= 4 is 11.0 Å². The molecule has 0 aliphatic rings. The van der Waals surface area contributed by atoms with Crippen molar-refractivity contribution in [2.75, 3.05) is 14.2 Å². The van der Waals surface area contributed by atoms with Crippen molar-refractivity contribution in [1.82, 2.24) is 40.4 Å². The fourth-order valence-corrected chi connectivity index (χ4v) is 4.20. The Morgan fingerprint density at radius 1 is 0.886 bits per heavy atom. The van der Waals surface area contributed by atoms with E-state index in [1.54, 1.807) is 14.2 Å². The predicted molar refractivity (Wildman–Crippen MR) is 131 cm³/mol. The van der Waals surface area contributed by atoms with E-state index in [0.29, 0.717) is 29.6 Å². The molecule has 0 spiro atoms. The average Bonchev–Trinajstić information content (AvgIpc) is 3.56. The van der Waals surface area contributed by atoms with Crippen LogP contribution in [0.25, 0.3) is 33.5 Å². The summed E-state index contributed by atoms with van der Waals surface area (Å²) >= 11 is 0. The summed E-state index contributed by atoms with van der Waals surface area (Å²) in [6.07, 6.45) is 2.94. The van der Waals surface area contributed by atoms with Crippen molar-refractivity contribution in [2.45, 2.75) is 32.7 Å². The second kappa shape index (κ2) is 9.88. The quantitative estimate of drug-likeness (QED) is 0.342. The van der Waals surface area contributed by atoms with Gasteiger partial charge in [-0.25, -0.2) is 4.98 Å². The lowest BCUT2D eigenvalue weighted by Gasteiger charge is -2.12. The van der Waals surface area contributed by atoms with E-state index in [1.165, 1.54) is 0 Å². The first-order valence-corrected chi connectivity index (χ1v) is 11.5. The van der Waals surface area contributed by atoms with Gasteiger partial charge in [0.15, 0.2) is 5.52 Å². The molecule has 0 fully saturated rings. The summed E-state index contributed by atoms with van der Waals surface area (Å²) < 4.78 is 13.1. The van der Waals surface area contributed by atoms with E-state index in [1.807, 2.05) is 18.2 Å². The number of tetrazole rings is 1. The molecule has 0 radical (unpaired) electrons. The molecule has 1 N–H and O–H groups in total. The third-order valence-electron chi connectivity index (χ3n) is 5.94. The number of ether oxygens (including phenoxy) is 2. The van der Waals surface area contributed by atoms with Crippen molar-refractivity contribution in [2.24, 2.45) is 0 Å². The molecule has 0 saturated heterocycles. The van der Waals surface area contributed by atoms with E-state index in [2.05, 4.69) is 72.6 Å². The SMILES string of the molecule is CCCCc1nc2c(OC)nnc(OC)c2n1Cc1ccc(-c2ccccc2-c2nn[nH]n2)cc1. The van der Waals surface area contributed by atoms with Crippen LogP contribution in [0.2, 0.25) is 0 Å². The molecule has 5 aromatic rings. The van der Waals surface area contributed by atoms with Gasteiger partial charge >= 0.3 is 0 Å². The van der Waals surface area contributed by atoms with E-state index in [9.17, 15) is 0 Å². The molecule has 0 unspecified atom stereocenters. The van der Waals surface area contributed by atoms with Crippen molar-refractivity contribution in [1.29, 1.82) is 0 Å². The van der Waals surface area contributed by atoms with Gasteiger partial charge in [0, 0.05) is 18.5 Å². The number of rotatable bonds is 9. The first kappa shape index (κ1) is 22.5. The summed E-state index contributed by atoms with van der Waals surface area (Å²) in [5, 5.41) is 22.8. The largest absolute Gasteiger partial charge is 0.478 e. The first-order chi connectivity index (χ1) is 17.2. The molecule has 178 valence electrons. The van der Waals surface area contributed by atoms with Gasteiger partial charge < -0.3 is 14.0 Å². The fraction of sp³-hybridized carbons (Fsp3) is 0.280. The topological polar surface area (TPSA) is 117 Å². The van der Waals surface area contributed by atoms with Crippen molar-refractivity contribution in [3.05, 3.63) is 59.9 Å². The summed E-state index contributed by atoms with van der Waals surface area (Å²) in [6.45, 7) is 2.79. The number of benzene rings is 2. The number of aryl methyl sites for hydroxylation is 1. The molecule has 0 saturated carbocycles. The highest BCUT2D eigenvalue weighted by Crippen LogP contribution is 2.32. The Kier molecular flexibility index (Phi) is 6.34. The maximum Gasteiger partial charge on any atom is 0.261 e. The van der Waals surface area contributed by atoms with E-state index >= 15 is 0 Å². The number of nitrogens with one attached hydrogen (secondary N) is 1. The summed E-state index contributed by atoms with van der Waals surface area (Å²) in [6, 6.07) is 16.5. The van der Waals surface area contributed by atoms with Crippen LogP contribution in [0.3, 0.4) is 0 Å². The van der Waals surface area contributed by atoms with Crippen molar-refractivity contribution < 1.29 is 9.47 Å². The molecule has 0 aliphatic heterocycles. The Morgan fingerprint density at radius 2 is 1.63 bits per heavy atom. The van der Waals surface area contributed by atoms with Gasteiger partial charge in [0.2, 0.25) is 5.82 Å². The third kappa shape index (κ3) is 4.30. The Labute approximate surface area is 202 Å². The minimum absolute atomic E-state index is 0.394. The Hall–Kier alpha value is -4.34. The number of fused-ring (bicyclic) bond motifs is 1. The molecular formula is C25H26N8O2. The summed E-state index contributed by atoms with van der Waals surface area (Å²) in [4.78, 5) is 4.86. The summed E-state index contributed by atoms with van der Waals surface area (Å²) in [5.74, 6) is 2.35. The smallest absolute Gasteiger partial charge is 0.261 e. The van der Waals surface area contributed by atoms with Gasteiger partial charge in [-0.05, 0) is 28.3 Å². The molecule has 10 nitrogen and oxygen atoms in total. The normalized spacial score (nSPS) is 11.2. The number of methoxy groups -OCH3 is 2. The zero-order chi connectivity index (χ0) is 24.2. The van der Waals surface area contributed by atoms with Crippen LogP contribution in [0.5, 0.6) is 11.8 Å². The molecule has 2 aromatic carbocycles. The number of aromatic amines is 1. The maximum atomic E-state index is 5.54. The lowest BCUT2D eigenvalue weighted by molar-refractivity contribution is 0.374. The van der Waals surface area contributed by atoms with Gasteiger partial charge in [0.05, 0.1) is 14.2 Å². The van der Waals surface area contributed by atoms with Crippen LogP contribution in [-0.4, -0.2) is 54.6 Å². The van der Waals surface area contributed by atoms with Crippen LogP contribution in [0.1, 0.15) is 31.2 Å². The van der Waals surface area contributed by atoms with Crippen LogP contribution in [-0.2, 0) is 13.0 Å². The third-order valence-corrected chi connectivity index (χ3v) is 5.94. The number of hydrogen-bond donors (Lipinski definition) is 1. The molecule has 35 heavy (non-hydrogen) atoms. The molecule has 5 rings (SSSR count). The van der Waals surface area contributed by atoms with Gasteiger partial charge in [-0.1, -0.05) is 61.9 Å². The Balaban J connectivity index is 1.53. The maximum absolute atomic E-state index is 5.54. The van der Waals surface area contributed by atoms with E-state index in [0.717, 1.165) is 52.9 Å². The number of imidazole rings is 1. The zero-order valence-corrected chi connectivity index (χ0v) is 19.9. The predicted octanol–water partition coefficient (Wildman–Crippen LogP) is 4.08. The molecular weight excluding hydrogens is 444 g/mol. The molecule has 0 bridgehead atoms. The van der Waals surface area contributed by atoms with E-state index in [-0.39, 0.29) is 0 Å².